The number of amides is 1. The first-order chi connectivity index (χ1) is 12.8. The molecule has 0 atom stereocenters. The number of hydrogen-bond donors (Lipinski definition) is 3. The lowest BCUT2D eigenvalue weighted by molar-refractivity contribution is -0.384. The van der Waals surface area contributed by atoms with Crippen LogP contribution in [0.1, 0.15) is 23.7 Å². The van der Waals surface area contributed by atoms with Gasteiger partial charge in [-0.15, -0.1) is 0 Å². The molecule has 1 amide bonds. The van der Waals surface area contributed by atoms with Crippen LogP contribution in [0.4, 0.5) is 11.4 Å². The number of hydrogen-bond acceptors (Lipinski definition) is 6. The van der Waals surface area contributed by atoms with Gasteiger partial charge in [0.25, 0.3) is 11.6 Å². The van der Waals surface area contributed by atoms with Crippen LogP contribution in [0, 0.1) is 10.1 Å². The van der Waals surface area contributed by atoms with Crippen molar-refractivity contribution >= 4 is 50.5 Å². The van der Waals surface area contributed by atoms with Crippen LogP contribution in [0.2, 0.25) is 0 Å². The Morgan fingerprint density at radius 2 is 2.07 bits per heavy atom. The first-order valence-electron chi connectivity index (χ1n) is 7.84. The number of phenols is 1. The van der Waals surface area contributed by atoms with E-state index in [9.17, 15) is 20.0 Å². The smallest absolute Gasteiger partial charge is 0.271 e. The van der Waals surface area contributed by atoms with E-state index in [4.69, 9.17) is 17.0 Å². The largest absolute Gasteiger partial charge is 0.506 e. The van der Waals surface area contributed by atoms with Crippen LogP contribution in [0.5, 0.6) is 11.5 Å². The van der Waals surface area contributed by atoms with Crippen molar-refractivity contribution in [2.45, 2.75) is 13.3 Å². The second-order valence-electron chi connectivity index (χ2n) is 5.36. The number of phenolic OH excluding ortho intramolecular Hbond substituents is 1. The first-order valence-corrected chi connectivity index (χ1v) is 9.04. The minimum Gasteiger partial charge on any atom is -0.506 e. The van der Waals surface area contributed by atoms with E-state index in [2.05, 4.69) is 26.6 Å². The molecule has 0 radical (unpaired) electrons. The Balaban J connectivity index is 2.06. The quantitative estimate of drug-likeness (QED) is 0.262. The predicted molar refractivity (Wildman–Crippen MR) is 108 cm³/mol. The monoisotopic (exact) mass is 453 g/mol. The van der Waals surface area contributed by atoms with Crippen molar-refractivity contribution in [3.05, 3.63) is 56.5 Å². The summed E-state index contributed by atoms with van der Waals surface area (Å²) in [6.07, 6.45) is 0.860. The van der Waals surface area contributed by atoms with E-state index in [1.54, 1.807) is 18.2 Å². The summed E-state index contributed by atoms with van der Waals surface area (Å²) >= 11 is 8.38. The average Bonchev–Trinajstić information content (AvgIpc) is 2.62. The summed E-state index contributed by atoms with van der Waals surface area (Å²) in [6.45, 7) is 2.55. The first kappa shape index (κ1) is 20.6. The number of carbonyl (C=O) groups is 1. The van der Waals surface area contributed by atoms with Crippen LogP contribution < -0.4 is 15.4 Å². The van der Waals surface area contributed by atoms with Gasteiger partial charge in [0, 0.05) is 17.7 Å². The number of thiocarbonyl (C=S) groups is 1. The molecule has 0 unspecified atom stereocenters. The van der Waals surface area contributed by atoms with Gasteiger partial charge in [-0.1, -0.05) is 6.92 Å². The number of nitrogens with zero attached hydrogens (tertiary/aromatic N) is 1. The topological polar surface area (TPSA) is 114 Å². The number of non-ortho nitro benzene ring substituents is 1. The average molecular weight is 454 g/mol. The summed E-state index contributed by atoms with van der Waals surface area (Å²) in [5.74, 6) is -0.104. The molecule has 10 heteroatoms. The minimum atomic E-state index is -0.605. The van der Waals surface area contributed by atoms with Gasteiger partial charge in [0.05, 0.1) is 21.7 Å². The fourth-order valence-electron chi connectivity index (χ4n) is 2.04. The van der Waals surface area contributed by atoms with Gasteiger partial charge in [0.15, 0.2) is 5.11 Å². The number of nitro benzene ring substituents is 1. The Morgan fingerprint density at radius 3 is 2.70 bits per heavy atom. The molecule has 27 heavy (non-hydrogen) atoms. The summed E-state index contributed by atoms with van der Waals surface area (Å²) in [5, 5.41) is 25.5. The number of carbonyl (C=O) groups excluding carboxylic acids is 1. The number of nitro groups is 1. The van der Waals surface area contributed by atoms with Gasteiger partial charge in [-0.3, -0.25) is 20.2 Å². The lowest BCUT2D eigenvalue weighted by atomic mass is 10.2. The van der Waals surface area contributed by atoms with Crippen molar-refractivity contribution < 1.29 is 19.6 Å². The van der Waals surface area contributed by atoms with Crippen molar-refractivity contribution in [2.75, 3.05) is 11.9 Å². The fraction of sp³-hybridized carbons (Fsp3) is 0.176. The Bertz CT molecular complexity index is 891. The molecule has 0 spiro atoms. The molecule has 0 saturated carbocycles. The number of aromatic hydroxyl groups is 1. The highest BCUT2D eigenvalue weighted by Gasteiger charge is 2.14. The molecule has 0 bridgehead atoms. The Labute approximate surface area is 168 Å². The van der Waals surface area contributed by atoms with Crippen molar-refractivity contribution in [2.24, 2.45) is 0 Å². The Kier molecular flexibility index (Phi) is 7.08. The van der Waals surface area contributed by atoms with Gasteiger partial charge in [-0.05, 0) is 58.8 Å². The maximum absolute atomic E-state index is 12.3. The number of rotatable bonds is 6. The van der Waals surface area contributed by atoms with E-state index in [1.807, 2.05) is 6.92 Å². The SMILES string of the molecule is CCCOc1ccc(C(=O)NC(=S)Nc2cc([N+](=O)[O-])ccc2O)cc1Br. The summed E-state index contributed by atoms with van der Waals surface area (Å²) in [4.78, 5) is 22.5. The molecular formula is C17H16BrN3O5S. The molecule has 2 rings (SSSR count). The van der Waals surface area contributed by atoms with Crippen molar-refractivity contribution in [3.8, 4) is 11.5 Å². The van der Waals surface area contributed by atoms with E-state index in [1.165, 1.54) is 0 Å². The van der Waals surface area contributed by atoms with E-state index in [0.29, 0.717) is 22.4 Å². The Hall–Kier alpha value is -2.72. The number of benzene rings is 2. The molecule has 3 N–H and O–H groups in total. The van der Waals surface area contributed by atoms with Gasteiger partial charge in [-0.25, -0.2) is 0 Å². The van der Waals surface area contributed by atoms with Crippen LogP contribution in [0.15, 0.2) is 40.9 Å². The number of halogens is 1. The number of nitrogens with one attached hydrogen (secondary N) is 2. The van der Waals surface area contributed by atoms with E-state index in [-0.39, 0.29) is 22.2 Å². The molecule has 2 aromatic rings. The van der Waals surface area contributed by atoms with Gasteiger partial charge in [0.2, 0.25) is 0 Å². The van der Waals surface area contributed by atoms with Crippen molar-refractivity contribution in [3.63, 3.8) is 0 Å². The van der Waals surface area contributed by atoms with Gasteiger partial charge < -0.3 is 15.2 Å². The molecule has 0 saturated heterocycles. The third kappa shape index (κ3) is 5.63. The van der Waals surface area contributed by atoms with Gasteiger partial charge in [0.1, 0.15) is 11.5 Å². The maximum Gasteiger partial charge on any atom is 0.271 e. The van der Waals surface area contributed by atoms with Gasteiger partial charge >= 0.3 is 0 Å². The summed E-state index contributed by atoms with van der Waals surface area (Å²) in [6, 6.07) is 8.27. The highest BCUT2D eigenvalue weighted by molar-refractivity contribution is 9.10. The normalized spacial score (nSPS) is 10.1. The number of ether oxygens (including phenoxy) is 1. The molecule has 0 heterocycles. The van der Waals surface area contributed by atoms with Crippen LogP contribution in [-0.2, 0) is 0 Å². The lowest BCUT2D eigenvalue weighted by Gasteiger charge is -2.12. The molecule has 8 nitrogen and oxygen atoms in total. The second kappa shape index (κ2) is 9.28. The van der Waals surface area contributed by atoms with Crippen LogP contribution in [0.3, 0.4) is 0 Å². The van der Waals surface area contributed by atoms with Gasteiger partial charge in [-0.2, -0.15) is 0 Å². The minimum absolute atomic E-state index is 0.0130. The molecule has 0 aliphatic carbocycles. The standard InChI is InChI=1S/C17H16BrN3O5S/c1-2-7-26-15-6-3-10(8-12(15)18)16(23)20-17(27)19-13-9-11(21(24)25)4-5-14(13)22/h3-6,8-9,22H,2,7H2,1H3,(H2,19,20,23,27). The molecule has 0 aromatic heterocycles. The molecule has 0 aliphatic rings. The molecule has 142 valence electrons. The van der Waals surface area contributed by atoms with E-state index < -0.39 is 10.8 Å². The van der Waals surface area contributed by atoms with Crippen LogP contribution in [0.25, 0.3) is 0 Å². The van der Waals surface area contributed by atoms with Crippen molar-refractivity contribution in [1.29, 1.82) is 0 Å². The summed E-state index contributed by atoms with van der Waals surface area (Å²) in [7, 11) is 0. The molecule has 2 aromatic carbocycles. The van der Waals surface area contributed by atoms with E-state index >= 15 is 0 Å². The summed E-state index contributed by atoms with van der Waals surface area (Å²) < 4.78 is 6.15. The third-order valence-corrected chi connectivity index (χ3v) is 4.15. The predicted octanol–water partition coefficient (Wildman–Crippen LogP) is 3.98. The van der Waals surface area contributed by atoms with E-state index in [0.717, 1.165) is 24.6 Å². The van der Waals surface area contributed by atoms with Crippen molar-refractivity contribution in [1.82, 2.24) is 5.32 Å². The number of anilines is 1. The third-order valence-electron chi connectivity index (χ3n) is 3.32. The van der Waals surface area contributed by atoms with Crippen LogP contribution in [-0.4, -0.2) is 27.7 Å². The molecule has 0 aliphatic heterocycles. The zero-order chi connectivity index (χ0) is 20.0. The molecular weight excluding hydrogens is 438 g/mol. The zero-order valence-electron chi connectivity index (χ0n) is 14.2. The highest BCUT2D eigenvalue weighted by atomic mass is 79.9. The fourth-order valence-corrected chi connectivity index (χ4v) is 2.73. The summed E-state index contributed by atoms with van der Waals surface area (Å²) in [5.41, 5.74) is 0.119. The molecule has 0 fully saturated rings. The maximum atomic E-state index is 12.3. The highest BCUT2D eigenvalue weighted by Crippen LogP contribution is 2.28. The zero-order valence-corrected chi connectivity index (χ0v) is 16.6. The lowest BCUT2D eigenvalue weighted by Crippen LogP contribution is -2.34. The van der Waals surface area contributed by atoms with Crippen LogP contribution >= 0.6 is 28.1 Å². The Morgan fingerprint density at radius 1 is 1.33 bits per heavy atom. The second-order valence-corrected chi connectivity index (χ2v) is 6.62.